The van der Waals surface area contributed by atoms with Crippen molar-refractivity contribution in [2.24, 2.45) is 5.41 Å². The first kappa shape index (κ1) is 55.0. The Morgan fingerprint density at radius 3 is 0.947 bits per heavy atom. The number of benzene rings is 3. The molecule has 0 aliphatic rings. The molecular formula is C41H69O13P3. The molecule has 0 bridgehead atoms. The molecule has 0 fully saturated rings. The van der Waals surface area contributed by atoms with Gasteiger partial charge in [-0.2, -0.15) is 0 Å². The maximum atomic E-state index is 9.22. The summed E-state index contributed by atoms with van der Waals surface area (Å²) in [6, 6.07) is 28.5. The van der Waals surface area contributed by atoms with E-state index in [-0.39, 0.29) is 26.4 Å². The highest BCUT2D eigenvalue weighted by molar-refractivity contribution is 7.43. The first-order valence-electron chi connectivity index (χ1n) is 19.7. The van der Waals surface area contributed by atoms with Crippen molar-refractivity contribution in [2.45, 2.75) is 110 Å². The number of para-hydroxylation sites is 3. The van der Waals surface area contributed by atoms with Gasteiger partial charge in [-0.05, 0) is 42.8 Å². The molecule has 16 heteroatoms. The zero-order valence-corrected chi connectivity index (χ0v) is 36.2. The summed E-state index contributed by atoms with van der Waals surface area (Å²) in [6.07, 6.45) is 21.6. The molecule has 326 valence electrons. The van der Waals surface area contributed by atoms with Gasteiger partial charge in [0.2, 0.25) is 0 Å². The molecule has 3 aromatic rings. The van der Waals surface area contributed by atoms with Crippen LogP contribution in [0.2, 0.25) is 0 Å². The fourth-order valence-electron chi connectivity index (χ4n) is 5.09. The molecule has 0 aliphatic heterocycles. The van der Waals surface area contributed by atoms with E-state index >= 15 is 0 Å². The summed E-state index contributed by atoms with van der Waals surface area (Å²) in [5.41, 5.74) is -0.894. The average molecular weight is 863 g/mol. The molecule has 3 aromatic carbocycles. The van der Waals surface area contributed by atoms with Crippen molar-refractivity contribution in [2.75, 3.05) is 33.0 Å². The summed E-state index contributed by atoms with van der Waals surface area (Å²) in [5, 5.41) is 27.7. The monoisotopic (exact) mass is 862 g/mol. The molecule has 0 saturated carbocycles. The summed E-state index contributed by atoms with van der Waals surface area (Å²) < 4.78 is 23.0. The van der Waals surface area contributed by atoms with Gasteiger partial charge in [0.25, 0.3) is 0 Å². The van der Waals surface area contributed by atoms with Crippen LogP contribution in [0, 0.1) is 5.41 Å². The van der Waals surface area contributed by atoms with Crippen molar-refractivity contribution in [1.82, 2.24) is 0 Å². The van der Waals surface area contributed by atoms with E-state index < -0.39 is 31.2 Å². The van der Waals surface area contributed by atoms with Crippen LogP contribution in [-0.2, 0) is 4.74 Å². The van der Waals surface area contributed by atoms with Crippen LogP contribution in [0.3, 0.4) is 0 Å². The SMILES string of the molecule is CCCCCCCCCCCCCCCCCCOCC(CO)(CO)CO.OP(O)O.OP(O)O.c1ccc(OP(Oc2ccccc2)Oc2ccccc2)cc1. The number of aliphatic hydroxyl groups is 3. The van der Waals surface area contributed by atoms with Crippen molar-refractivity contribution in [3.8, 4) is 17.2 Å². The summed E-state index contributed by atoms with van der Waals surface area (Å²) in [6.45, 7) is 2.38. The van der Waals surface area contributed by atoms with E-state index in [1.807, 2.05) is 91.0 Å². The number of hydrogen-bond acceptors (Lipinski definition) is 13. The van der Waals surface area contributed by atoms with Crippen LogP contribution in [0.5, 0.6) is 17.2 Å². The first-order chi connectivity index (χ1) is 27.6. The highest BCUT2D eigenvalue weighted by Crippen LogP contribution is 2.42. The molecular weight excluding hydrogens is 793 g/mol. The Morgan fingerprint density at radius 1 is 0.421 bits per heavy atom. The minimum atomic E-state index is -2.62. The van der Waals surface area contributed by atoms with E-state index in [0.717, 1.165) is 6.42 Å². The topological polar surface area (TPSA) is 219 Å². The first-order valence-corrected chi connectivity index (χ1v) is 23.2. The van der Waals surface area contributed by atoms with Gasteiger partial charge in [0, 0.05) is 6.61 Å². The molecule has 9 N–H and O–H groups in total. The maximum Gasteiger partial charge on any atom is 0.530 e. The fraction of sp³-hybridized carbons (Fsp3) is 0.561. The predicted octanol–water partition coefficient (Wildman–Crippen LogP) is 9.06. The van der Waals surface area contributed by atoms with Crippen molar-refractivity contribution < 1.29 is 63.0 Å². The van der Waals surface area contributed by atoms with Crippen LogP contribution in [0.15, 0.2) is 91.0 Å². The summed E-state index contributed by atoms with van der Waals surface area (Å²) in [4.78, 5) is 43.4. The Labute approximate surface area is 344 Å². The Bertz CT molecular complexity index is 1110. The molecule has 0 aromatic heterocycles. The smallest absolute Gasteiger partial charge is 0.409 e. The van der Waals surface area contributed by atoms with Crippen molar-refractivity contribution in [3.63, 3.8) is 0 Å². The number of hydrogen-bond donors (Lipinski definition) is 9. The lowest BCUT2D eigenvalue weighted by Gasteiger charge is -2.26. The second kappa shape index (κ2) is 39.4. The standard InChI is InChI=1S/C23H48O4.C18H15O3P.2H3O3P/c1-2-3-4-5-6-7-8-9-10-11-12-13-14-15-16-17-18-27-22-23(19-24,20-25)21-26;1-4-10-16(11-5-1)19-22(20-17-12-6-2-7-13-17)21-18-14-8-3-9-15-18;2*1-4(2)3/h24-26H,2-22H2,1H3;1-15H;2*1-3H. The fourth-order valence-corrected chi connectivity index (χ4v) is 6.08. The van der Waals surface area contributed by atoms with E-state index in [2.05, 4.69) is 6.92 Å². The Balaban J connectivity index is 0.000000933. The van der Waals surface area contributed by atoms with Crippen molar-refractivity contribution in [1.29, 1.82) is 0 Å². The van der Waals surface area contributed by atoms with Gasteiger partial charge in [0.05, 0.1) is 31.8 Å². The van der Waals surface area contributed by atoms with Gasteiger partial charge in [-0.1, -0.05) is 158 Å². The van der Waals surface area contributed by atoms with Crippen LogP contribution in [0.25, 0.3) is 0 Å². The number of ether oxygens (including phenoxy) is 1. The molecule has 0 spiro atoms. The minimum Gasteiger partial charge on any atom is -0.409 e. The van der Waals surface area contributed by atoms with Gasteiger partial charge >= 0.3 is 25.8 Å². The Kier molecular flexibility index (Phi) is 38.0. The molecule has 0 atom stereocenters. The highest BCUT2D eigenvalue weighted by atomic mass is 31.2. The number of rotatable bonds is 28. The maximum absolute atomic E-state index is 9.22. The van der Waals surface area contributed by atoms with Crippen LogP contribution >= 0.6 is 25.8 Å². The lowest BCUT2D eigenvalue weighted by atomic mass is 9.93. The van der Waals surface area contributed by atoms with Crippen LogP contribution in [0.4, 0.5) is 0 Å². The zero-order chi connectivity index (χ0) is 42.2. The number of unbranched alkanes of at least 4 members (excludes halogenated alkanes) is 15. The summed E-state index contributed by atoms with van der Waals surface area (Å²) in [7, 11) is -6.83. The third-order valence-corrected chi connectivity index (χ3v) is 9.41. The average Bonchev–Trinajstić information content (AvgIpc) is 3.20. The van der Waals surface area contributed by atoms with Gasteiger partial charge in [0.1, 0.15) is 17.2 Å². The molecule has 0 amide bonds. The van der Waals surface area contributed by atoms with Crippen molar-refractivity contribution >= 4 is 25.8 Å². The van der Waals surface area contributed by atoms with Gasteiger partial charge in [-0.25, -0.2) is 0 Å². The quantitative estimate of drug-likeness (QED) is 0.0246. The lowest BCUT2D eigenvalue weighted by molar-refractivity contribution is -0.0582. The molecule has 0 aliphatic carbocycles. The second-order valence-electron chi connectivity index (χ2n) is 13.3. The minimum absolute atomic E-state index is 0.218. The van der Waals surface area contributed by atoms with Crippen molar-refractivity contribution in [3.05, 3.63) is 91.0 Å². The van der Waals surface area contributed by atoms with E-state index in [9.17, 15) is 15.3 Å². The van der Waals surface area contributed by atoms with E-state index in [1.165, 1.54) is 96.3 Å². The van der Waals surface area contributed by atoms with Crippen LogP contribution in [0.1, 0.15) is 110 Å². The Hall–Kier alpha value is -2.05. The third kappa shape index (κ3) is 35.6. The Morgan fingerprint density at radius 2 is 0.684 bits per heavy atom. The van der Waals surface area contributed by atoms with E-state index in [4.69, 9.17) is 47.7 Å². The summed E-state index contributed by atoms with van der Waals surface area (Å²) in [5.74, 6) is 2.13. The molecule has 0 radical (unpaired) electrons. The van der Waals surface area contributed by atoms with Gasteiger partial charge < -0.3 is 63.0 Å². The lowest BCUT2D eigenvalue weighted by Crippen LogP contribution is -2.38. The second-order valence-corrected chi connectivity index (χ2v) is 15.4. The molecule has 57 heavy (non-hydrogen) atoms. The van der Waals surface area contributed by atoms with Gasteiger partial charge in [0.15, 0.2) is 0 Å². The van der Waals surface area contributed by atoms with Gasteiger partial charge in [-0.15, -0.1) is 0 Å². The molecule has 0 heterocycles. The van der Waals surface area contributed by atoms with Gasteiger partial charge in [-0.3, -0.25) is 0 Å². The highest BCUT2D eigenvalue weighted by Gasteiger charge is 2.28. The zero-order valence-electron chi connectivity index (χ0n) is 33.5. The third-order valence-electron chi connectivity index (χ3n) is 8.33. The van der Waals surface area contributed by atoms with E-state index in [1.54, 1.807) is 0 Å². The molecule has 0 saturated heterocycles. The number of aliphatic hydroxyl groups excluding tert-OH is 3. The molecule has 3 rings (SSSR count). The largest absolute Gasteiger partial charge is 0.530 e. The molecule has 13 nitrogen and oxygen atoms in total. The predicted molar refractivity (Wildman–Crippen MR) is 229 cm³/mol. The normalized spacial score (nSPS) is 10.9. The van der Waals surface area contributed by atoms with Crippen LogP contribution < -0.4 is 13.6 Å². The van der Waals surface area contributed by atoms with Crippen LogP contribution in [-0.4, -0.2) is 77.7 Å². The summed E-state index contributed by atoms with van der Waals surface area (Å²) >= 11 is 0. The molecule has 0 unspecified atom stereocenters. The van der Waals surface area contributed by atoms with E-state index in [0.29, 0.717) is 23.9 Å².